The molecule has 0 radical (unpaired) electrons. The number of hydrogen-bond acceptors (Lipinski definition) is 1. The molecule has 1 nitrogen and oxygen atoms in total. The van der Waals surface area contributed by atoms with Crippen LogP contribution in [0.5, 0.6) is 0 Å². The quantitative estimate of drug-likeness (QED) is 0.737. The molecule has 0 fully saturated rings. The third-order valence-electron chi connectivity index (χ3n) is 1.48. The molecular formula is C9H12BrN. The summed E-state index contributed by atoms with van der Waals surface area (Å²) >= 11 is 3.44. The molecule has 0 bridgehead atoms. The maximum atomic E-state index is 4.39. The number of pyridine rings is 1. The Morgan fingerprint density at radius 1 is 1.45 bits per heavy atom. The van der Waals surface area contributed by atoms with Gasteiger partial charge in [-0.25, -0.2) is 0 Å². The van der Waals surface area contributed by atoms with E-state index in [9.17, 15) is 0 Å². The first kappa shape index (κ1) is 8.72. The third-order valence-corrected chi connectivity index (χ3v) is 1.94. The van der Waals surface area contributed by atoms with Crippen molar-refractivity contribution >= 4 is 15.9 Å². The minimum Gasteiger partial charge on any atom is -0.258 e. The maximum Gasteiger partial charge on any atom is 0.0417 e. The highest BCUT2D eigenvalue weighted by molar-refractivity contribution is 9.10. The van der Waals surface area contributed by atoms with Gasteiger partial charge in [-0.15, -0.1) is 0 Å². The van der Waals surface area contributed by atoms with Crippen LogP contribution in [0, 0.1) is 6.92 Å². The second kappa shape index (κ2) is 3.86. The molecule has 1 aromatic rings. The molecule has 1 aromatic heterocycles. The molecule has 0 saturated carbocycles. The summed E-state index contributed by atoms with van der Waals surface area (Å²) in [5.74, 6) is 0. The number of halogens is 1. The van der Waals surface area contributed by atoms with E-state index >= 15 is 0 Å². The lowest BCUT2D eigenvalue weighted by Crippen LogP contribution is -1.91. The normalized spacial score (nSPS) is 10.1. The molecule has 1 heterocycles. The summed E-state index contributed by atoms with van der Waals surface area (Å²) in [6.07, 6.45) is 2.23. The van der Waals surface area contributed by atoms with Crippen molar-refractivity contribution in [2.45, 2.75) is 26.7 Å². The van der Waals surface area contributed by atoms with Crippen molar-refractivity contribution in [2.75, 3.05) is 0 Å². The molecule has 0 aromatic carbocycles. The second-order valence-electron chi connectivity index (χ2n) is 2.67. The van der Waals surface area contributed by atoms with Gasteiger partial charge in [0.2, 0.25) is 0 Å². The van der Waals surface area contributed by atoms with E-state index in [1.165, 1.54) is 5.69 Å². The van der Waals surface area contributed by atoms with Gasteiger partial charge in [0, 0.05) is 15.9 Å². The Balaban J connectivity index is 2.89. The number of rotatable bonds is 2. The molecule has 0 unspecified atom stereocenters. The van der Waals surface area contributed by atoms with Gasteiger partial charge in [0.1, 0.15) is 0 Å². The van der Waals surface area contributed by atoms with Crippen LogP contribution in [-0.4, -0.2) is 4.98 Å². The van der Waals surface area contributed by atoms with Gasteiger partial charge in [-0.2, -0.15) is 0 Å². The van der Waals surface area contributed by atoms with Gasteiger partial charge >= 0.3 is 0 Å². The average Bonchev–Trinajstić information content (AvgIpc) is 1.85. The summed E-state index contributed by atoms with van der Waals surface area (Å²) in [4.78, 5) is 4.39. The van der Waals surface area contributed by atoms with Crippen molar-refractivity contribution in [1.29, 1.82) is 0 Å². The summed E-state index contributed by atoms with van der Waals surface area (Å²) < 4.78 is 1.13. The zero-order valence-electron chi connectivity index (χ0n) is 6.89. The van der Waals surface area contributed by atoms with Gasteiger partial charge in [0.15, 0.2) is 0 Å². The van der Waals surface area contributed by atoms with Crippen LogP contribution in [0.2, 0.25) is 0 Å². The molecule has 60 valence electrons. The number of aromatic nitrogens is 1. The minimum atomic E-state index is 1.07. The fraction of sp³-hybridized carbons (Fsp3) is 0.444. The summed E-state index contributed by atoms with van der Waals surface area (Å²) in [6, 6.07) is 4.11. The molecule has 0 amide bonds. The van der Waals surface area contributed by atoms with Crippen LogP contribution in [0.25, 0.3) is 0 Å². The Hall–Kier alpha value is -0.370. The van der Waals surface area contributed by atoms with Crippen LogP contribution < -0.4 is 0 Å². The lowest BCUT2D eigenvalue weighted by atomic mass is 10.2. The first-order valence-corrected chi connectivity index (χ1v) is 4.64. The van der Waals surface area contributed by atoms with Crippen LogP contribution in [0.1, 0.15) is 24.7 Å². The highest BCUT2D eigenvalue weighted by atomic mass is 79.9. The van der Waals surface area contributed by atoms with Crippen molar-refractivity contribution < 1.29 is 0 Å². The fourth-order valence-corrected chi connectivity index (χ4v) is 1.67. The monoisotopic (exact) mass is 213 g/mol. The highest BCUT2D eigenvalue weighted by Gasteiger charge is 1.95. The van der Waals surface area contributed by atoms with Crippen LogP contribution >= 0.6 is 15.9 Å². The molecule has 1 rings (SSSR count). The Morgan fingerprint density at radius 3 is 2.73 bits per heavy atom. The van der Waals surface area contributed by atoms with E-state index in [0.29, 0.717) is 0 Å². The number of nitrogens with zero attached hydrogens (tertiary/aromatic N) is 1. The molecule has 0 atom stereocenters. The van der Waals surface area contributed by atoms with E-state index in [4.69, 9.17) is 0 Å². The van der Waals surface area contributed by atoms with Gasteiger partial charge in [-0.1, -0.05) is 29.3 Å². The third kappa shape index (κ3) is 2.62. The van der Waals surface area contributed by atoms with Gasteiger partial charge < -0.3 is 0 Å². The minimum absolute atomic E-state index is 1.07. The molecule has 0 aliphatic rings. The Kier molecular flexibility index (Phi) is 3.06. The molecule has 0 aliphatic carbocycles. The van der Waals surface area contributed by atoms with Gasteiger partial charge in [-0.3, -0.25) is 4.98 Å². The van der Waals surface area contributed by atoms with E-state index in [0.717, 1.165) is 23.0 Å². The zero-order chi connectivity index (χ0) is 8.27. The zero-order valence-corrected chi connectivity index (χ0v) is 8.48. The summed E-state index contributed by atoms with van der Waals surface area (Å²) in [7, 11) is 0. The Labute approximate surface area is 76.0 Å². The molecule has 0 spiro atoms. The molecule has 11 heavy (non-hydrogen) atoms. The van der Waals surface area contributed by atoms with Crippen molar-refractivity contribution in [3.8, 4) is 0 Å². The Bertz CT molecular complexity index is 225. The van der Waals surface area contributed by atoms with Crippen LogP contribution in [0.3, 0.4) is 0 Å². The predicted molar refractivity (Wildman–Crippen MR) is 50.7 cm³/mol. The predicted octanol–water partition coefficient (Wildman–Crippen LogP) is 3.11. The van der Waals surface area contributed by atoms with Crippen molar-refractivity contribution in [3.05, 3.63) is 28.0 Å². The van der Waals surface area contributed by atoms with Gasteiger partial charge in [0.25, 0.3) is 0 Å². The van der Waals surface area contributed by atoms with E-state index < -0.39 is 0 Å². The summed E-state index contributed by atoms with van der Waals surface area (Å²) in [6.45, 7) is 4.18. The topological polar surface area (TPSA) is 12.9 Å². The first-order valence-electron chi connectivity index (χ1n) is 3.85. The summed E-state index contributed by atoms with van der Waals surface area (Å²) in [5.41, 5.74) is 2.27. The number of aryl methyl sites for hydroxylation is 2. The molecule has 2 heteroatoms. The van der Waals surface area contributed by atoms with Crippen LogP contribution in [0.15, 0.2) is 16.6 Å². The fourth-order valence-electron chi connectivity index (χ4n) is 1.08. The molecule has 0 N–H and O–H groups in total. The van der Waals surface area contributed by atoms with E-state index in [1.807, 2.05) is 13.0 Å². The Morgan fingerprint density at radius 2 is 2.18 bits per heavy atom. The van der Waals surface area contributed by atoms with E-state index in [-0.39, 0.29) is 0 Å². The SMILES string of the molecule is CCCc1cc(Br)cc(C)n1. The second-order valence-corrected chi connectivity index (χ2v) is 3.58. The smallest absolute Gasteiger partial charge is 0.0417 e. The largest absolute Gasteiger partial charge is 0.258 e. The molecule has 0 aliphatic heterocycles. The van der Waals surface area contributed by atoms with Crippen molar-refractivity contribution in [2.24, 2.45) is 0 Å². The van der Waals surface area contributed by atoms with Crippen molar-refractivity contribution in [1.82, 2.24) is 4.98 Å². The van der Waals surface area contributed by atoms with E-state index in [2.05, 4.69) is 33.9 Å². The maximum absolute atomic E-state index is 4.39. The average molecular weight is 214 g/mol. The molecule has 0 saturated heterocycles. The van der Waals surface area contributed by atoms with Crippen molar-refractivity contribution in [3.63, 3.8) is 0 Å². The number of hydrogen-bond donors (Lipinski definition) is 0. The van der Waals surface area contributed by atoms with Gasteiger partial charge in [0.05, 0.1) is 0 Å². The van der Waals surface area contributed by atoms with Crippen LogP contribution in [-0.2, 0) is 6.42 Å². The summed E-state index contributed by atoms with van der Waals surface area (Å²) in [5, 5.41) is 0. The standard InChI is InChI=1S/C9H12BrN/c1-3-4-9-6-8(10)5-7(2)11-9/h5-6H,3-4H2,1-2H3. The first-order chi connectivity index (χ1) is 5.22. The lowest BCUT2D eigenvalue weighted by Gasteiger charge is -2.00. The highest BCUT2D eigenvalue weighted by Crippen LogP contribution is 2.13. The van der Waals surface area contributed by atoms with E-state index in [1.54, 1.807) is 0 Å². The van der Waals surface area contributed by atoms with Crippen LogP contribution in [0.4, 0.5) is 0 Å². The molecular weight excluding hydrogens is 202 g/mol. The lowest BCUT2D eigenvalue weighted by molar-refractivity contribution is 0.872. The van der Waals surface area contributed by atoms with Gasteiger partial charge in [-0.05, 0) is 25.5 Å².